The van der Waals surface area contributed by atoms with Gasteiger partial charge in [0.15, 0.2) is 0 Å². The number of amides is 1. The molecule has 78 valence electrons. The maximum atomic E-state index is 11.6. The first kappa shape index (κ1) is 9.69. The lowest BCUT2D eigenvalue weighted by Crippen LogP contribution is -2.36. The largest absolute Gasteiger partial charge is 0.273 e. The van der Waals surface area contributed by atoms with Gasteiger partial charge in [0.1, 0.15) is 0 Å². The Morgan fingerprint density at radius 2 is 2.21 bits per heavy atom. The molecule has 0 spiro atoms. The molecule has 1 aliphatic carbocycles. The van der Waals surface area contributed by atoms with Crippen LogP contribution in [0.5, 0.6) is 0 Å². The van der Waals surface area contributed by atoms with Crippen LogP contribution in [-0.4, -0.2) is 22.7 Å². The van der Waals surface area contributed by atoms with Crippen molar-refractivity contribution >= 4 is 11.6 Å². The molecular weight excluding hydrogens is 176 g/mol. The van der Waals surface area contributed by atoms with Crippen molar-refractivity contribution < 1.29 is 4.79 Å². The molecule has 3 heteroatoms. The Balaban J connectivity index is 2.03. The van der Waals surface area contributed by atoms with Crippen molar-refractivity contribution in [3.63, 3.8) is 0 Å². The van der Waals surface area contributed by atoms with E-state index in [0.29, 0.717) is 12.5 Å². The summed E-state index contributed by atoms with van der Waals surface area (Å²) in [4.78, 5) is 11.6. The second-order valence-corrected chi connectivity index (χ2v) is 4.68. The molecule has 1 fully saturated rings. The lowest BCUT2D eigenvalue weighted by molar-refractivity contribution is -0.131. The number of carbonyl (C=O) groups is 1. The minimum atomic E-state index is 0.196. The van der Waals surface area contributed by atoms with E-state index in [1.165, 1.54) is 12.8 Å². The van der Waals surface area contributed by atoms with Crippen LogP contribution in [0.25, 0.3) is 0 Å². The Hall–Kier alpha value is -0.860. The summed E-state index contributed by atoms with van der Waals surface area (Å²) in [6.07, 6.45) is 5.34. The van der Waals surface area contributed by atoms with Gasteiger partial charge in [-0.2, -0.15) is 5.10 Å². The Labute approximate surface area is 85.2 Å². The third kappa shape index (κ3) is 1.81. The Kier molecular flexibility index (Phi) is 2.57. The maximum Gasteiger partial charge on any atom is 0.248 e. The number of carbonyl (C=O) groups excluding carboxylic acids is 1. The number of nitrogens with zero attached hydrogens (tertiary/aromatic N) is 2. The summed E-state index contributed by atoms with van der Waals surface area (Å²) >= 11 is 0. The number of hydrogen-bond acceptors (Lipinski definition) is 2. The second kappa shape index (κ2) is 3.71. The zero-order valence-corrected chi connectivity index (χ0v) is 8.99. The van der Waals surface area contributed by atoms with Gasteiger partial charge in [0.2, 0.25) is 5.91 Å². The van der Waals surface area contributed by atoms with E-state index in [9.17, 15) is 4.79 Å². The van der Waals surface area contributed by atoms with Crippen LogP contribution in [0, 0.1) is 5.92 Å². The number of rotatable bonds is 1. The SMILES string of the molecule is CC1=NN(C2CCCC(C)C2)C(=O)C1. The molecule has 14 heavy (non-hydrogen) atoms. The van der Waals surface area contributed by atoms with E-state index >= 15 is 0 Å². The maximum absolute atomic E-state index is 11.6. The summed E-state index contributed by atoms with van der Waals surface area (Å²) in [6.45, 7) is 4.20. The van der Waals surface area contributed by atoms with Gasteiger partial charge in [-0.1, -0.05) is 19.8 Å². The summed E-state index contributed by atoms with van der Waals surface area (Å²) in [7, 11) is 0. The zero-order valence-electron chi connectivity index (χ0n) is 8.99. The van der Waals surface area contributed by atoms with E-state index in [1.807, 2.05) is 6.92 Å². The smallest absolute Gasteiger partial charge is 0.248 e. The Bertz CT molecular complexity index is 272. The van der Waals surface area contributed by atoms with Gasteiger partial charge < -0.3 is 0 Å². The van der Waals surface area contributed by atoms with Crippen LogP contribution in [0.1, 0.15) is 46.0 Å². The molecule has 1 saturated carbocycles. The molecule has 0 aromatic carbocycles. The highest BCUT2D eigenvalue weighted by molar-refractivity contribution is 6.03. The number of hydrazone groups is 1. The average Bonchev–Trinajstić information content (AvgIpc) is 2.45. The predicted molar refractivity (Wildman–Crippen MR) is 56.0 cm³/mol. The van der Waals surface area contributed by atoms with E-state index in [1.54, 1.807) is 5.01 Å². The Morgan fingerprint density at radius 3 is 2.79 bits per heavy atom. The van der Waals surface area contributed by atoms with Crippen LogP contribution >= 0.6 is 0 Å². The monoisotopic (exact) mass is 194 g/mol. The molecule has 2 unspecified atom stereocenters. The highest BCUT2D eigenvalue weighted by Gasteiger charge is 2.31. The first-order valence-corrected chi connectivity index (χ1v) is 5.53. The van der Waals surface area contributed by atoms with Crippen molar-refractivity contribution in [3.8, 4) is 0 Å². The van der Waals surface area contributed by atoms with Crippen molar-refractivity contribution in [3.05, 3.63) is 0 Å². The van der Waals surface area contributed by atoms with Crippen molar-refractivity contribution in [2.45, 2.75) is 52.0 Å². The fraction of sp³-hybridized carbons (Fsp3) is 0.818. The van der Waals surface area contributed by atoms with Gasteiger partial charge >= 0.3 is 0 Å². The quantitative estimate of drug-likeness (QED) is 0.629. The Morgan fingerprint density at radius 1 is 1.43 bits per heavy atom. The third-order valence-corrected chi connectivity index (χ3v) is 3.20. The standard InChI is InChI=1S/C11H18N2O/c1-8-4-3-5-10(6-8)13-11(14)7-9(2)12-13/h8,10H,3-7H2,1-2H3. The molecule has 2 atom stereocenters. The molecule has 0 N–H and O–H groups in total. The first-order valence-electron chi connectivity index (χ1n) is 5.53. The molecule has 1 heterocycles. The van der Waals surface area contributed by atoms with Gasteiger partial charge in [0, 0.05) is 5.71 Å². The normalized spacial score (nSPS) is 33.4. The summed E-state index contributed by atoms with van der Waals surface area (Å²) in [5.41, 5.74) is 0.966. The minimum absolute atomic E-state index is 0.196. The van der Waals surface area contributed by atoms with Crippen LogP contribution < -0.4 is 0 Å². The van der Waals surface area contributed by atoms with Gasteiger partial charge in [-0.15, -0.1) is 0 Å². The molecule has 0 aromatic heterocycles. The van der Waals surface area contributed by atoms with Crippen molar-refractivity contribution in [2.24, 2.45) is 11.0 Å². The molecular formula is C11H18N2O. The van der Waals surface area contributed by atoms with E-state index in [4.69, 9.17) is 0 Å². The highest BCUT2D eigenvalue weighted by atomic mass is 16.2. The molecule has 2 rings (SSSR count). The van der Waals surface area contributed by atoms with Gasteiger partial charge in [0.05, 0.1) is 12.5 Å². The van der Waals surface area contributed by atoms with E-state index in [-0.39, 0.29) is 5.91 Å². The molecule has 0 bridgehead atoms. The van der Waals surface area contributed by atoms with Gasteiger partial charge in [0.25, 0.3) is 0 Å². The first-order chi connectivity index (χ1) is 6.66. The van der Waals surface area contributed by atoms with Crippen LogP contribution in [0.4, 0.5) is 0 Å². The molecule has 0 saturated heterocycles. The topological polar surface area (TPSA) is 32.7 Å². The second-order valence-electron chi connectivity index (χ2n) is 4.68. The van der Waals surface area contributed by atoms with E-state index in [0.717, 1.165) is 24.5 Å². The van der Waals surface area contributed by atoms with Gasteiger partial charge in [-0.3, -0.25) is 4.79 Å². The highest BCUT2D eigenvalue weighted by Crippen LogP contribution is 2.29. The summed E-state index contributed by atoms with van der Waals surface area (Å²) in [5, 5.41) is 6.07. The summed E-state index contributed by atoms with van der Waals surface area (Å²) in [5.74, 6) is 0.944. The molecule has 1 amide bonds. The van der Waals surface area contributed by atoms with Crippen molar-refractivity contribution in [1.82, 2.24) is 5.01 Å². The number of hydrogen-bond donors (Lipinski definition) is 0. The zero-order chi connectivity index (χ0) is 10.1. The molecule has 1 aliphatic heterocycles. The molecule has 3 nitrogen and oxygen atoms in total. The van der Waals surface area contributed by atoms with Crippen LogP contribution in [0.3, 0.4) is 0 Å². The lowest BCUT2D eigenvalue weighted by atomic mass is 9.87. The molecule has 0 aromatic rings. The van der Waals surface area contributed by atoms with Gasteiger partial charge in [-0.25, -0.2) is 5.01 Å². The fourth-order valence-electron chi connectivity index (χ4n) is 2.48. The van der Waals surface area contributed by atoms with E-state index in [2.05, 4.69) is 12.0 Å². The summed E-state index contributed by atoms with van der Waals surface area (Å²) < 4.78 is 0. The van der Waals surface area contributed by atoms with E-state index < -0.39 is 0 Å². The minimum Gasteiger partial charge on any atom is -0.273 e. The van der Waals surface area contributed by atoms with Crippen LogP contribution in [0.2, 0.25) is 0 Å². The summed E-state index contributed by atoms with van der Waals surface area (Å²) in [6, 6.07) is 0.378. The lowest BCUT2D eigenvalue weighted by Gasteiger charge is -2.31. The van der Waals surface area contributed by atoms with Crippen molar-refractivity contribution in [2.75, 3.05) is 0 Å². The van der Waals surface area contributed by atoms with Crippen LogP contribution in [-0.2, 0) is 4.79 Å². The molecule has 2 aliphatic rings. The van der Waals surface area contributed by atoms with Crippen LogP contribution in [0.15, 0.2) is 5.10 Å². The third-order valence-electron chi connectivity index (χ3n) is 3.20. The van der Waals surface area contributed by atoms with Crippen molar-refractivity contribution in [1.29, 1.82) is 0 Å². The fourth-order valence-corrected chi connectivity index (χ4v) is 2.48. The average molecular weight is 194 g/mol. The van der Waals surface area contributed by atoms with Gasteiger partial charge in [-0.05, 0) is 25.7 Å². The molecule has 0 radical (unpaired) electrons. The predicted octanol–water partition coefficient (Wildman–Crippen LogP) is 2.17.